The van der Waals surface area contributed by atoms with E-state index in [0.717, 1.165) is 17.5 Å². The molecule has 0 bridgehead atoms. The molecule has 4 atom stereocenters. The molecule has 0 saturated carbocycles. The number of hydrogen-bond donors (Lipinski definition) is 1. The first-order valence-electron chi connectivity index (χ1n) is 7.10. The summed E-state index contributed by atoms with van der Waals surface area (Å²) in [6.07, 6.45) is 0. The van der Waals surface area contributed by atoms with Crippen molar-refractivity contribution in [1.29, 1.82) is 0 Å². The number of nitrogens with two attached hydrogens (primary N) is 1. The van der Waals surface area contributed by atoms with Crippen LogP contribution in [0.3, 0.4) is 0 Å². The number of rotatable bonds is 4. The average molecular weight is 259 g/mol. The first kappa shape index (κ1) is 6.06. The third-order valence-electron chi connectivity index (χ3n) is 15.6. The van der Waals surface area contributed by atoms with Crippen molar-refractivity contribution in [3.8, 4) is 0 Å². The number of hydrogen-bond acceptors (Lipinski definition) is 2. The second-order valence-corrected chi connectivity index (χ2v) is 34.4. The van der Waals surface area contributed by atoms with Crippen molar-refractivity contribution >= 4 is 0 Å². The van der Waals surface area contributed by atoms with Crippen LogP contribution >= 0.6 is 0 Å². The molecule has 2 nitrogen and oxygen atoms in total. The molecule has 0 aromatic rings. The van der Waals surface area contributed by atoms with Gasteiger partial charge in [0.25, 0.3) is 0 Å². The van der Waals surface area contributed by atoms with Crippen molar-refractivity contribution in [1.82, 2.24) is 0 Å². The summed E-state index contributed by atoms with van der Waals surface area (Å²) in [5.41, 5.74) is 5.59. The molecule has 16 heavy (non-hydrogen) atoms. The third kappa shape index (κ3) is 0.0542. The first-order chi connectivity index (χ1) is 7.61. The number of ether oxygens (including phenoxy) is 1. The molecule has 2 N–H and O–H groups in total. The molecule has 10 saturated heterocycles. The van der Waals surface area contributed by atoms with Gasteiger partial charge < -0.3 is 0 Å². The Morgan fingerprint density at radius 3 is 1.81 bits per heavy atom. The van der Waals surface area contributed by atoms with Crippen LogP contribution in [0, 0.1) is 0 Å². The van der Waals surface area contributed by atoms with Crippen LogP contribution in [0.4, 0.5) is 0 Å². The maximum atomic E-state index is 6.02. The molecule has 0 radical (unpaired) electrons. The molecule has 10 rings (SSSR count). The molecule has 0 aromatic heterocycles. The van der Waals surface area contributed by atoms with E-state index in [1.54, 1.807) is 0 Å². The van der Waals surface area contributed by atoms with E-state index in [1.807, 2.05) is 0 Å². The van der Waals surface area contributed by atoms with E-state index in [4.69, 9.17) is 10.5 Å². The monoisotopic (exact) mass is 259 g/mol. The summed E-state index contributed by atoms with van der Waals surface area (Å²) in [6, 6.07) is 0. The molecule has 4 unspecified atom stereocenters. The van der Waals surface area contributed by atoms with Gasteiger partial charge in [-0.05, 0) is 0 Å². The quantitative estimate of drug-likeness (QED) is 0.622. The third-order valence-corrected chi connectivity index (χ3v) is 58.5. The van der Waals surface area contributed by atoms with Crippen molar-refractivity contribution in [3.05, 3.63) is 0 Å². The number of fused-ring (bicyclic) bond motifs is 10. The van der Waals surface area contributed by atoms with Gasteiger partial charge in [-0.2, -0.15) is 0 Å². The Morgan fingerprint density at radius 1 is 0.938 bits per heavy atom. The predicted molar refractivity (Wildman–Crippen MR) is 56.3 cm³/mol. The summed E-state index contributed by atoms with van der Waals surface area (Å²) >= 11 is 0. The van der Waals surface area contributed by atoms with Gasteiger partial charge in [0.15, 0.2) is 0 Å². The summed E-state index contributed by atoms with van der Waals surface area (Å²) in [5, 5.41) is 0. The van der Waals surface area contributed by atoms with Gasteiger partial charge in [-0.25, -0.2) is 0 Å². The second-order valence-electron chi connectivity index (χ2n) is 10.7. The van der Waals surface area contributed by atoms with E-state index in [1.165, 1.54) is 50.0 Å². The fourth-order valence-corrected chi connectivity index (χ4v) is 91.9. The van der Waals surface area contributed by atoms with Gasteiger partial charge in [0.2, 0.25) is 0 Å². The van der Waals surface area contributed by atoms with Gasteiger partial charge in [-0.3, -0.25) is 0 Å². The van der Waals surface area contributed by atoms with Crippen LogP contribution in [0.15, 0.2) is 0 Å². The van der Waals surface area contributed by atoms with E-state index in [0.29, 0.717) is 0 Å². The van der Waals surface area contributed by atoms with Gasteiger partial charge in [0.1, 0.15) is 0 Å². The average Bonchev–Trinajstić information content (AvgIpc) is 3.24. The van der Waals surface area contributed by atoms with Crippen LogP contribution in [0.2, 0.25) is 47.7 Å². The normalized spacial score (nSPS) is 126. The summed E-state index contributed by atoms with van der Waals surface area (Å²) in [5.74, 6) is 0. The molecule has 10 fully saturated rings. The van der Waals surface area contributed by atoms with E-state index < -0.39 is 6.51 Å². The topological polar surface area (TPSA) is 35.2 Å². The Kier molecular flexibility index (Phi) is 0.179. The summed E-state index contributed by atoms with van der Waals surface area (Å²) < 4.78 is 6.98. The Morgan fingerprint density at radius 2 is 1.50 bits per heavy atom. The van der Waals surface area contributed by atoms with Gasteiger partial charge in [-0.15, -0.1) is 0 Å². The van der Waals surface area contributed by atoms with Crippen molar-refractivity contribution in [2.24, 2.45) is 5.73 Å². The molecule has 1 spiro atoms. The Hall–Kier alpha value is 0.439. The van der Waals surface area contributed by atoms with Crippen LogP contribution in [0.25, 0.3) is 0 Å². The summed E-state index contributed by atoms with van der Waals surface area (Å²) in [6.45, 7) is 0.0139. The first-order valence-corrected chi connectivity index (χ1v) is 13.4. The minimum absolute atomic E-state index is 0.729. The zero-order valence-electron chi connectivity index (χ0n) is 9.16. The standard InChI is InChI=1S/C8H12NO.C5H5.Fe/c9-5-6-10-7-8-3-1-2-4-8;1-2-4-5-3-1;/h1-4H,5-7,9H2;1-5H;. The van der Waals surface area contributed by atoms with Crippen molar-refractivity contribution in [2.45, 2.75) is 47.7 Å². The van der Waals surface area contributed by atoms with Gasteiger partial charge in [-0.1, -0.05) is 0 Å². The molecule has 10 heterocycles. The van der Waals surface area contributed by atoms with Crippen LogP contribution in [0.1, 0.15) is 0 Å². The van der Waals surface area contributed by atoms with Crippen molar-refractivity contribution < 1.29 is 11.2 Å². The van der Waals surface area contributed by atoms with Crippen molar-refractivity contribution in [3.63, 3.8) is 0 Å². The Labute approximate surface area is 84.6 Å². The SMILES string of the molecule is NCCOC[C]12[CH]3[CH]4[CH]5[CH]1[Fe]45321678[CH]2[CH]1[CH]6[CH]7[CH]28. The van der Waals surface area contributed by atoms with E-state index >= 15 is 0 Å². The minimum atomic E-state index is -2.75. The summed E-state index contributed by atoms with van der Waals surface area (Å²) in [7, 11) is 0. The predicted octanol–water partition coefficient (Wildman–Crippen LogP) is 2.72. The van der Waals surface area contributed by atoms with Gasteiger partial charge >= 0.3 is 84.4 Å². The molecular formula is C13H17FeNO. The van der Waals surface area contributed by atoms with Crippen LogP contribution in [-0.4, -0.2) is 19.8 Å². The molecule has 0 amide bonds. The molecule has 10 aliphatic rings. The molecule has 10 aliphatic heterocycles. The molecule has 0 aromatic carbocycles. The van der Waals surface area contributed by atoms with E-state index in [2.05, 4.69) is 0 Å². The summed E-state index contributed by atoms with van der Waals surface area (Å²) in [4.78, 5) is 13.0. The van der Waals surface area contributed by atoms with Gasteiger partial charge in [0.05, 0.1) is 0 Å². The Balaban J connectivity index is 1.46. The zero-order chi connectivity index (χ0) is 9.84. The molecular weight excluding hydrogens is 242 g/mol. The van der Waals surface area contributed by atoms with E-state index in [9.17, 15) is 0 Å². The Bertz CT molecular complexity index is 823. The molecule has 0 aliphatic carbocycles. The van der Waals surface area contributed by atoms with Crippen LogP contribution in [-0.2, 0) is 11.2 Å². The molecule has 3 heteroatoms. The van der Waals surface area contributed by atoms with Gasteiger partial charge in [0, 0.05) is 0 Å². The fourth-order valence-electron chi connectivity index (χ4n) is 17.4. The zero-order valence-corrected chi connectivity index (χ0v) is 10.3. The van der Waals surface area contributed by atoms with Crippen LogP contribution < -0.4 is 5.73 Å². The fraction of sp³-hybridized carbons (Fsp3) is 1.00. The second kappa shape index (κ2) is 0.474. The van der Waals surface area contributed by atoms with Crippen molar-refractivity contribution in [2.75, 3.05) is 19.8 Å². The maximum absolute atomic E-state index is 6.02. The van der Waals surface area contributed by atoms with Crippen LogP contribution in [0.5, 0.6) is 0 Å². The molecule has 88 valence electrons. The van der Waals surface area contributed by atoms with E-state index in [-0.39, 0.29) is 0 Å².